The first-order valence-electron chi connectivity index (χ1n) is 9.58. The zero-order valence-corrected chi connectivity index (χ0v) is 15.9. The summed E-state index contributed by atoms with van der Waals surface area (Å²) in [5, 5.41) is 0. The number of hydrogen-bond donors (Lipinski definition) is 0. The van der Waals surface area contributed by atoms with Gasteiger partial charge in [0.1, 0.15) is 11.6 Å². The van der Waals surface area contributed by atoms with Gasteiger partial charge in [0.25, 0.3) is 0 Å². The van der Waals surface area contributed by atoms with Gasteiger partial charge in [0.2, 0.25) is 15.9 Å². The second kappa shape index (κ2) is 7.13. The number of carbonyl (C=O) groups excluding carboxylic acids is 1. The van der Waals surface area contributed by atoms with Gasteiger partial charge in [0, 0.05) is 32.6 Å². The number of amides is 1. The van der Waals surface area contributed by atoms with Crippen molar-refractivity contribution >= 4 is 15.9 Å². The van der Waals surface area contributed by atoms with Crippen molar-refractivity contribution in [2.45, 2.75) is 37.0 Å². The zero-order chi connectivity index (χ0) is 19.2. The molecule has 27 heavy (non-hydrogen) atoms. The number of rotatable bonds is 4. The van der Waals surface area contributed by atoms with Crippen molar-refractivity contribution in [2.24, 2.45) is 17.8 Å². The largest absolute Gasteiger partial charge is 0.340 e. The molecule has 1 aliphatic heterocycles. The molecule has 3 atom stereocenters. The van der Waals surface area contributed by atoms with Crippen molar-refractivity contribution in [3.05, 3.63) is 29.8 Å². The monoisotopic (exact) mass is 398 g/mol. The fourth-order valence-electron chi connectivity index (χ4n) is 5.02. The molecule has 5 nitrogen and oxygen atoms in total. The van der Waals surface area contributed by atoms with Crippen LogP contribution < -0.4 is 0 Å². The highest BCUT2D eigenvalue weighted by Crippen LogP contribution is 2.49. The number of sulfonamides is 1. The lowest BCUT2D eigenvalue weighted by Gasteiger charge is -2.35. The maximum Gasteiger partial charge on any atom is 0.249 e. The molecule has 2 aliphatic carbocycles. The molecule has 4 rings (SSSR count). The first kappa shape index (κ1) is 18.8. The van der Waals surface area contributed by atoms with E-state index in [1.165, 1.54) is 19.3 Å². The third-order valence-electron chi connectivity index (χ3n) is 6.43. The Hall–Kier alpha value is -1.54. The lowest BCUT2D eigenvalue weighted by molar-refractivity contribution is -0.133. The second-order valence-corrected chi connectivity index (χ2v) is 9.85. The fraction of sp³-hybridized carbons (Fsp3) is 0.632. The quantitative estimate of drug-likeness (QED) is 0.784. The molecule has 1 heterocycles. The summed E-state index contributed by atoms with van der Waals surface area (Å²) in [4.78, 5) is 13.4. The maximum absolute atomic E-state index is 13.9. The summed E-state index contributed by atoms with van der Waals surface area (Å²) in [5.74, 6) is -0.197. The topological polar surface area (TPSA) is 57.7 Å². The van der Waals surface area contributed by atoms with Gasteiger partial charge in [0.15, 0.2) is 4.90 Å². The minimum absolute atomic E-state index is 0.0541. The molecule has 1 saturated heterocycles. The summed E-state index contributed by atoms with van der Waals surface area (Å²) in [6.07, 6.45) is 5.44. The fourth-order valence-corrected chi connectivity index (χ4v) is 6.55. The van der Waals surface area contributed by atoms with Crippen molar-refractivity contribution < 1.29 is 22.0 Å². The third-order valence-corrected chi connectivity index (χ3v) is 8.38. The van der Waals surface area contributed by atoms with Crippen molar-refractivity contribution in [3.8, 4) is 0 Å². The first-order chi connectivity index (χ1) is 12.9. The van der Waals surface area contributed by atoms with Crippen LogP contribution in [0.5, 0.6) is 0 Å². The van der Waals surface area contributed by atoms with Crippen LogP contribution in [-0.2, 0) is 14.8 Å². The molecular formula is C19H24F2N2O3S. The number of carbonyl (C=O) groups is 1. The van der Waals surface area contributed by atoms with E-state index in [1.54, 1.807) is 4.90 Å². The van der Waals surface area contributed by atoms with Crippen LogP contribution in [0.25, 0.3) is 0 Å². The third kappa shape index (κ3) is 3.49. The van der Waals surface area contributed by atoms with E-state index in [9.17, 15) is 22.0 Å². The summed E-state index contributed by atoms with van der Waals surface area (Å²) >= 11 is 0. The van der Waals surface area contributed by atoms with E-state index in [0.29, 0.717) is 18.3 Å². The van der Waals surface area contributed by atoms with Gasteiger partial charge in [-0.05, 0) is 49.1 Å². The van der Waals surface area contributed by atoms with E-state index in [1.807, 2.05) is 0 Å². The van der Waals surface area contributed by atoms with Crippen LogP contribution in [0.2, 0.25) is 0 Å². The Morgan fingerprint density at radius 2 is 1.70 bits per heavy atom. The number of nitrogens with zero attached hydrogens (tertiary/aromatic N) is 2. The Kier molecular flexibility index (Phi) is 4.96. The lowest BCUT2D eigenvalue weighted by Crippen LogP contribution is -2.51. The molecule has 3 aliphatic rings. The molecule has 0 aromatic heterocycles. The smallest absolute Gasteiger partial charge is 0.249 e. The highest BCUT2D eigenvalue weighted by Gasteiger charge is 2.41. The van der Waals surface area contributed by atoms with Crippen LogP contribution in [0, 0.1) is 29.4 Å². The van der Waals surface area contributed by atoms with E-state index in [2.05, 4.69) is 0 Å². The van der Waals surface area contributed by atoms with E-state index in [0.717, 1.165) is 34.8 Å². The number of hydrogen-bond acceptors (Lipinski definition) is 3. The van der Waals surface area contributed by atoms with Crippen molar-refractivity contribution in [1.29, 1.82) is 0 Å². The maximum atomic E-state index is 13.9. The van der Waals surface area contributed by atoms with Crippen LogP contribution in [0.15, 0.2) is 23.1 Å². The molecule has 1 aromatic rings. The van der Waals surface area contributed by atoms with Crippen LogP contribution in [-0.4, -0.2) is 49.7 Å². The van der Waals surface area contributed by atoms with Crippen molar-refractivity contribution in [2.75, 3.05) is 26.2 Å². The molecule has 0 spiro atoms. The van der Waals surface area contributed by atoms with Gasteiger partial charge < -0.3 is 4.90 Å². The zero-order valence-electron chi connectivity index (χ0n) is 15.1. The van der Waals surface area contributed by atoms with Crippen LogP contribution in [0.3, 0.4) is 0 Å². The second-order valence-electron chi connectivity index (χ2n) is 7.97. The summed E-state index contributed by atoms with van der Waals surface area (Å²) in [6.45, 7) is 0.626. The van der Waals surface area contributed by atoms with E-state index in [-0.39, 0.29) is 32.1 Å². The molecule has 0 radical (unpaired) electrons. The van der Waals surface area contributed by atoms with E-state index >= 15 is 0 Å². The van der Waals surface area contributed by atoms with Crippen LogP contribution in [0.1, 0.15) is 32.1 Å². The van der Waals surface area contributed by atoms with Crippen LogP contribution in [0.4, 0.5) is 8.78 Å². The number of halogens is 2. The molecule has 148 valence electrons. The van der Waals surface area contributed by atoms with Gasteiger partial charge in [-0.1, -0.05) is 12.5 Å². The van der Waals surface area contributed by atoms with Gasteiger partial charge in [0.05, 0.1) is 0 Å². The minimum Gasteiger partial charge on any atom is -0.340 e. The van der Waals surface area contributed by atoms with Gasteiger partial charge in [-0.3, -0.25) is 4.79 Å². The van der Waals surface area contributed by atoms with E-state index in [4.69, 9.17) is 0 Å². The summed E-state index contributed by atoms with van der Waals surface area (Å²) in [7, 11) is -4.26. The molecule has 1 aromatic carbocycles. The molecule has 2 bridgehead atoms. The Balaban J connectivity index is 1.38. The van der Waals surface area contributed by atoms with Gasteiger partial charge in [-0.2, -0.15) is 4.31 Å². The predicted octanol–water partition coefficient (Wildman–Crippen LogP) is 2.62. The number of benzene rings is 1. The molecule has 1 amide bonds. The van der Waals surface area contributed by atoms with E-state index < -0.39 is 26.6 Å². The molecule has 8 heteroatoms. The lowest BCUT2D eigenvalue weighted by atomic mass is 9.86. The molecule has 2 saturated carbocycles. The normalized spacial score (nSPS) is 28.7. The van der Waals surface area contributed by atoms with Gasteiger partial charge in [-0.15, -0.1) is 0 Å². The standard InChI is InChI=1S/C19H24F2N2O3S/c20-16-2-1-3-17(21)19(16)27(25,26)23-8-6-22(7-9-23)18(24)12-15-11-13-4-5-14(15)10-13/h1-3,13-15H,4-12H2/t13-,14-,15-/m1/s1. The molecular weight excluding hydrogens is 374 g/mol. The summed E-state index contributed by atoms with van der Waals surface area (Å²) in [5.41, 5.74) is 0. The average molecular weight is 398 g/mol. The first-order valence-corrected chi connectivity index (χ1v) is 11.0. The Morgan fingerprint density at radius 3 is 2.26 bits per heavy atom. The Labute approximate surface area is 158 Å². The average Bonchev–Trinajstić information content (AvgIpc) is 3.24. The van der Waals surface area contributed by atoms with Crippen LogP contribution >= 0.6 is 0 Å². The van der Waals surface area contributed by atoms with Crippen molar-refractivity contribution in [3.63, 3.8) is 0 Å². The molecule has 0 N–H and O–H groups in total. The van der Waals surface area contributed by atoms with Gasteiger partial charge in [-0.25, -0.2) is 17.2 Å². The minimum atomic E-state index is -4.26. The Morgan fingerprint density at radius 1 is 1.04 bits per heavy atom. The Bertz CT molecular complexity index is 817. The summed E-state index contributed by atoms with van der Waals surface area (Å²) in [6, 6.07) is 3.01. The van der Waals surface area contributed by atoms with Crippen molar-refractivity contribution in [1.82, 2.24) is 9.21 Å². The van der Waals surface area contributed by atoms with Gasteiger partial charge >= 0.3 is 0 Å². The SMILES string of the molecule is O=C(C[C@H]1C[C@@H]2CC[C@@H]1C2)N1CCN(S(=O)(=O)c2c(F)cccc2F)CC1. The highest BCUT2D eigenvalue weighted by molar-refractivity contribution is 7.89. The number of fused-ring (bicyclic) bond motifs is 2. The summed E-state index contributed by atoms with van der Waals surface area (Å²) < 4.78 is 54.1. The molecule has 0 unspecified atom stereocenters. The predicted molar refractivity (Wildman–Crippen MR) is 95.3 cm³/mol. The highest BCUT2D eigenvalue weighted by atomic mass is 32.2. The number of piperazine rings is 1. The molecule has 3 fully saturated rings.